The van der Waals surface area contributed by atoms with Crippen molar-refractivity contribution in [1.82, 2.24) is 10.2 Å². The van der Waals surface area contributed by atoms with Crippen LogP contribution in [0.15, 0.2) is 21.5 Å². The van der Waals surface area contributed by atoms with Crippen molar-refractivity contribution in [1.29, 1.82) is 0 Å². The van der Waals surface area contributed by atoms with Gasteiger partial charge in [0.1, 0.15) is 5.75 Å². The first-order valence-corrected chi connectivity index (χ1v) is 11.1. The topological polar surface area (TPSA) is 75.7 Å². The Bertz CT molecular complexity index is 777. The van der Waals surface area contributed by atoms with Crippen molar-refractivity contribution in [2.24, 2.45) is 5.92 Å². The van der Waals surface area contributed by atoms with Crippen molar-refractivity contribution < 1.29 is 17.9 Å². The largest absolute Gasteiger partial charge is 0.496 e. The van der Waals surface area contributed by atoms with E-state index in [1.54, 1.807) is 0 Å². The van der Waals surface area contributed by atoms with Gasteiger partial charge in [-0.25, -0.2) is 8.42 Å². The van der Waals surface area contributed by atoms with E-state index in [4.69, 9.17) is 4.74 Å². The third kappa shape index (κ3) is 4.54. The maximum atomic E-state index is 12.7. The Hall–Kier alpha value is -1.12. The predicted molar refractivity (Wildman–Crippen MR) is 98.8 cm³/mol. The molecular weight excluding hydrogens is 408 g/mol. The molecule has 25 heavy (non-hydrogen) atoms. The Morgan fingerprint density at radius 1 is 1.36 bits per heavy atom. The standard InChI is InChI=1S/C17H23BrN2O4S/c1-24-15-8-14(18)16(25(2,22)23)7-13(15)17(21)19-12-5-6-20(10-12)9-11-3-4-11/h7-8,11-12H,3-6,9-10H2,1-2H3,(H,19,21). The molecule has 1 unspecified atom stereocenters. The molecule has 1 aromatic carbocycles. The van der Waals surface area contributed by atoms with E-state index in [1.807, 2.05) is 0 Å². The lowest BCUT2D eigenvalue weighted by Crippen LogP contribution is -2.37. The van der Waals surface area contributed by atoms with Crippen LogP contribution in [0.5, 0.6) is 5.75 Å². The summed E-state index contributed by atoms with van der Waals surface area (Å²) >= 11 is 3.23. The minimum Gasteiger partial charge on any atom is -0.496 e. The summed E-state index contributed by atoms with van der Waals surface area (Å²) in [4.78, 5) is 15.2. The number of hydrogen-bond donors (Lipinski definition) is 1. The smallest absolute Gasteiger partial charge is 0.255 e. The van der Waals surface area contributed by atoms with Crippen LogP contribution in [0.2, 0.25) is 0 Å². The van der Waals surface area contributed by atoms with E-state index in [0.29, 0.717) is 10.2 Å². The number of methoxy groups -OCH3 is 1. The van der Waals surface area contributed by atoms with Crippen molar-refractivity contribution in [3.8, 4) is 5.75 Å². The molecule has 1 amide bonds. The van der Waals surface area contributed by atoms with Gasteiger partial charge in [-0.15, -0.1) is 0 Å². The molecule has 6 nitrogen and oxygen atoms in total. The summed E-state index contributed by atoms with van der Waals surface area (Å²) < 4.78 is 29.5. The molecule has 1 aromatic rings. The molecule has 1 saturated carbocycles. The zero-order valence-corrected chi connectivity index (χ0v) is 16.8. The number of halogens is 1. The van der Waals surface area contributed by atoms with Gasteiger partial charge in [-0.05, 0) is 53.2 Å². The van der Waals surface area contributed by atoms with Crippen molar-refractivity contribution >= 4 is 31.7 Å². The van der Waals surface area contributed by atoms with Crippen molar-refractivity contribution in [2.75, 3.05) is 33.0 Å². The average Bonchev–Trinajstić information content (AvgIpc) is 3.24. The van der Waals surface area contributed by atoms with Gasteiger partial charge < -0.3 is 15.0 Å². The van der Waals surface area contributed by atoms with Crippen LogP contribution in [0.1, 0.15) is 29.6 Å². The normalized spacial score (nSPS) is 21.3. The number of rotatable bonds is 6. The monoisotopic (exact) mass is 430 g/mol. The van der Waals surface area contributed by atoms with Crippen molar-refractivity contribution in [3.63, 3.8) is 0 Å². The lowest BCUT2D eigenvalue weighted by molar-refractivity contribution is 0.0934. The molecule has 3 rings (SSSR count). The zero-order chi connectivity index (χ0) is 18.2. The van der Waals surface area contributed by atoms with Gasteiger partial charge in [-0.2, -0.15) is 0 Å². The van der Waals surface area contributed by atoms with Crippen LogP contribution >= 0.6 is 15.9 Å². The number of likely N-dealkylation sites (tertiary alicyclic amines) is 1. The number of benzene rings is 1. The second-order valence-electron chi connectivity index (χ2n) is 6.92. The lowest BCUT2D eigenvalue weighted by Gasteiger charge is -2.17. The van der Waals surface area contributed by atoms with Crippen LogP contribution in [-0.4, -0.2) is 58.3 Å². The number of hydrogen-bond acceptors (Lipinski definition) is 5. The number of carbonyl (C=O) groups excluding carboxylic acids is 1. The molecule has 0 radical (unpaired) electrons. The number of nitrogens with one attached hydrogen (secondary N) is 1. The second-order valence-corrected chi connectivity index (χ2v) is 9.76. The summed E-state index contributed by atoms with van der Waals surface area (Å²) in [7, 11) is -1.98. The number of sulfone groups is 1. The lowest BCUT2D eigenvalue weighted by atomic mass is 10.1. The molecule has 8 heteroatoms. The van der Waals surface area contributed by atoms with Crippen molar-refractivity contribution in [3.05, 3.63) is 22.2 Å². The Labute approximate surface area is 157 Å². The first-order valence-electron chi connectivity index (χ1n) is 8.38. The third-order valence-corrected chi connectivity index (χ3v) is 6.77. The summed E-state index contributed by atoms with van der Waals surface area (Å²) in [5.74, 6) is 0.885. The fourth-order valence-corrected chi connectivity index (χ4v) is 5.16. The molecule has 0 aromatic heterocycles. The molecule has 0 bridgehead atoms. The minimum absolute atomic E-state index is 0.0835. The van der Waals surface area contributed by atoms with E-state index in [9.17, 15) is 13.2 Å². The molecular formula is C17H23BrN2O4S. The van der Waals surface area contributed by atoms with Gasteiger partial charge >= 0.3 is 0 Å². The van der Waals surface area contributed by atoms with Crippen LogP contribution < -0.4 is 10.1 Å². The van der Waals surface area contributed by atoms with Gasteiger partial charge in [0, 0.05) is 36.4 Å². The number of nitrogens with zero attached hydrogens (tertiary/aromatic N) is 1. The zero-order valence-electron chi connectivity index (χ0n) is 14.4. The Morgan fingerprint density at radius 2 is 2.08 bits per heavy atom. The van der Waals surface area contributed by atoms with Gasteiger partial charge in [0.2, 0.25) is 0 Å². The highest BCUT2D eigenvalue weighted by Gasteiger charge is 2.30. The fourth-order valence-electron chi connectivity index (χ4n) is 3.21. The average molecular weight is 431 g/mol. The van der Waals surface area contributed by atoms with E-state index < -0.39 is 9.84 Å². The highest BCUT2D eigenvalue weighted by molar-refractivity contribution is 9.10. The highest BCUT2D eigenvalue weighted by atomic mass is 79.9. The van der Waals surface area contributed by atoms with Crippen LogP contribution in [0.25, 0.3) is 0 Å². The van der Waals surface area contributed by atoms with E-state index >= 15 is 0 Å². The Morgan fingerprint density at radius 3 is 2.68 bits per heavy atom. The Balaban J connectivity index is 1.74. The van der Waals surface area contributed by atoms with E-state index in [-0.39, 0.29) is 22.4 Å². The second kappa shape index (κ2) is 7.25. The minimum atomic E-state index is -3.45. The van der Waals surface area contributed by atoms with Crippen molar-refractivity contribution in [2.45, 2.75) is 30.2 Å². The van der Waals surface area contributed by atoms with E-state index in [2.05, 4.69) is 26.1 Å². The quantitative estimate of drug-likeness (QED) is 0.747. The summed E-state index contributed by atoms with van der Waals surface area (Å²) in [6.45, 7) is 2.96. The molecule has 0 spiro atoms. The number of ether oxygens (including phenoxy) is 1. The first-order chi connectivity index (χ1) is 11.8. The summed E-state index contributed by atoms with van der Waals surface area (Å²) in [5.41, 5.74) is 0.242. The van der Waals surface area contributed by atoms with Crippen LogP contribution in [0, 0.1) is 5.92 Å². The molecule has 138 valence electrons. The molecule has 1 aliphatic heterocycles. The number of carbonyl (C=O) groups is 1. The molecule has 1 N–H and O–H groups in total. The van der Waals surface area contributed by atoms with Gasteiger partial charge in [-0.3, -0.25) is 4.79 Å². The molecule has 1 aliphatic carbocycles. The summed E-state index contributed by atoms with van der Waals surface area (Å²) in [5, 5.41) is 3.02. The molecule has 1 atom stereocenters. The Kier molecular flexibility index (Phi) is 5.41. The highest BCUT2D eigenvalue weighted by Crippen LogP contribution is 2.32. The first kappa shape index (κ1) is 18.7. The molecule has 2 fully saturated rings. The van der Waals surface area contributed by atoms with Gasteiger partial charge in [0.25, 0.3) is 5.91 Å². The van der Waals surface area contributed by atoms with Crippen LogP contribution in [0.3, 0.4) is 0 Å². The maximum Gasteiger partial charge on any atom is 0.255 e. The summed E-state index contributed by atoms with van der Waals surface area (Å²) in [6.07, 6.45) is 4.67. The van der Waals surface area contributed by atoms with E-state index in [0.717, 1.165) is 38.2 Å². The maximum absolute atomic E-state index is 12.7. The molecule has 2 aliphatic rings. The third-order valence-electron chi connectivity index (χ3n) is 4.72. The fraction of sp³-hybridized carbons (Fsp3) is 0.588. The van der Waals surface area contributed by atoms with Crippen LogP contribution in [0.4, 0.5) is 0 Å². The molecule has 1 saturated heterocycles. The van der Waals surface area contributed by atoms with Gasteiger partial charge in [0.15, 0.2) is 9.84 Å². The van der Waals surface area contributed by atoms with Crippen LogP contribution in [-0.2, 0) is 9.84 Å². The molecule has 1 heterocycles. The SMILES string of the molecule is COc1cc(Br)c(S(C)(=O)=O)cc1C(=O)NC1CCN(CC2CC2)C1. The van der Waals surface area contributed by atoms with Gasteiger partial charge in [0.05, 0.1) is 17.6 Å². The number of amides is 1. The van der Waals surface area contributed by atoms with E-state index in [1.165, 1.54) is 32.1 Å². The summed E-state index contributed by atoms with van der Waals surface area (Å²) in [6, 6.07) is 2.99. The predicted octanol–water partition coefficient (Wildman–Crippen LogP) is 2.08. The van der Waals surface area contributed by atoms with Gasteiger partial charge in [-0.1, -0.05) is 0 Å².